The average Bonchev–Trinajstić information content (AvgIpc) is 3.02. The Kier molecular flexibility index (Phi) is 4.01. The Hall–Kier alpha value is -2.14. The average molecular weight is 284 g/mol. The number of amides is 1. The summed E-state index contributed by atoms with van der Waals surface area (Å²) in [5.74, 6) is 0.176. The summed E-state index contributed by atoms with van der Waals surface area (Å²) in [7, 11) is 0. The van der Waals surface area contributed by atoms with Crippen LogP contribution in [0.3, 0.4) is 0 Å². The van der Waals surface area contributed by atoms with Gasteiger partial charge in [-0.3, -0.25) is 4.79 Å². The number of anilines is 1. The number of hydrogen-bond acceptors (Lipinski definition) is 3. The summed E-state index contributed by atoms with van der Waals surface area (Å²) in [5.41, 5.74) is 1.69. The lowest BCUT2D eigenvalue weighted by Gasteiger charge is -2.27. The van der Waals surface area contributed by atoms with E-state index in [-0.39, 0.29) is 11.8 Å². The lowest BCUT2D eigenvalue weighted by atomic mass is 9.92. The van der Waals surface area contributed by atoms with Crippen LogP contribution >= 0.6 is 0 Å². The molecule has 0 saturated carbocycles. The quantitative estimate of drug-likeness (QED) is 0.908. The van der Waals surface area contributed by atoms with Crippen LogP contribution in [-0.2, 0) is 4.79 Å². The van der Waals surface area contributed by atoms with Crippen molar-refractivity contribution in [2.75, 3.05) is 11.9 Å². The molecule has 0 bridgehead atoms. The molecular weight excluding hydrogens is 264 g/mol. The van der Waals surface area contributed by atoms with Crippen molar-refractivity contribution in [3.8, 4) is 5.69 Å². The van der Waals surface area contributed by atoms with Crippen molar-refractivity contribution in [1.29, 1.82) is 0 Å². The van der Waals surface area contributed by atoms with E-state index in [0.29, 0.717) is 6.04 Å². The van der Waals surface area contributed by atoms with E-state index in [0.717, 1.165) is 30.8 Å². The third-order valence-electron chi connectivity index (χ3n) is 3.91. The Labute approximate surface area is 124 Å². The number of nitrogens with zero attached hydrogens (tertiary/aromatic N) is 2. The molecule has 110 valence electrons. The van der Waals surface area contributed by atoms with Gasteiger partial charge in [-0.15, -0.1) is 0 Å². The molecule has 1 aromatic carbocycles. The van der Waals surface area contributed by atoms with Crippen molar-refractivity contribution >= 4 is 11.6 Å². The van der Waals surface area contributed by atoms with E-state index in [9.17, 15) is 4.79 Å². The fourth-order valence-corrected chi connectivity index (χ4v) is 2.80. The highest BCUT2D eigenvalue weighted by atomic mass is 16.1. The van der Waals surface area contributed by atoms with E-state index in [1.54, 1.807) is 10.9 Å². The number of carbonyl (C=O) groups excluding carboxylic acids is 1. The smallest absolute Gasteiger partial charge is 0.227 e. The fourth-order valence-electron chi connectivity index (χ4n) is 2.80. The number of nitrogens with one attached hydrogen (secondary N) is 2. The molecule has 2 unspecified atom stereocenters. The predicted molar refractivity (Wildman–Crippen MR) is 82.4 cm³/mol. The summed E-state index contributed by atoms with van der Waals surface area (Å²) < 4.78 is 1.76. The highest BCUT2D eigenvalue weighted by Crippen LogP contribution is 2.22. The fraction of sp³-hybridized carbons (Fsp3) is 0.375. The van der Waals surface area contributed by atoms with E-state index in [2.05, 4.69) is 22.7 Å². The minimum atomic E-state index is 0.0759. The van der Waals surface area contributed by atoms with Gasteiger partial charge in [0.2, 0.25) is 5.91 Å². The maximum atomic E-state index is 12.5. The summed E-state index contributed by atoms with van der Waals surface area (Å²) >= 11 is 0. The molecule has 2 aromatic rings. The molecule has 1 fully saturated rings. The molecule has 3 rings (SSSR count). The van der Waals surface area contributed by atoms with Gasteiger partial charge in [0, 0.05) is 24.4 Å². The topological polar surface area (TPSA) is 59.0 Å². The van der Waals surface area contributed by atoms with Crippen molar-refractivity contribution in [2.45, 2.75) is 25.8 Å². The van der Waals surface area contributed by atoms with Crippen LogP contribution in [0.1, 0.15) is 19.8 Å². The monoisotopic (exact) mass is 284 g/mol. The SMILES string of the molecule is CC1CC(C(=O)Nc2ccccc2-n2cccn2)CCN1. The van der Waals surface area contributed by atoms with Crippen LogP contribution in [0.4, 0.5) is 5.69 Å². The van der Waals surface area contributed by atoms with E-state index in [4.69, 9.17) is 0 Å². The molecule has 1 aliphatic heterocycles. The molecular formula is C16H20N4O. The summed E-state index contributed by atoms with van der Waals surface area (Å²) in [6.07, 6.45) is 5.38. The van der Waals surface area contributed by atoms with Crippen LogP contribution in [0.5, 0.6) is 0 Å². The van der Waals surface area contributed by atoms with E-state index < -0.39 is 0 Å². The standard InChI is InChI=1S/C16H20N4O/c1-12-11-13(7-9-17-12)16(21)19-14-5-2-3-6-15(14)20-10-4-8-18-20/h2-6,8,10,12-13,17H,7,9,11H2,1H3,(H,19,21). The van der Waals surface area contributed by atoms with Gasteiger partial charge in [0.15, 0.2) is 0 Å². The molecule has 0 radical (unpaired) electrons. The van der Waals surface area contributed by atoms with Crippen LogP contribution in [-0.4, -0.2) is 28.3 Å². The zero-order chi connectivity index (χ0) is 14.7. The number of benzene rings is 1. The van der Waals surface area contributed by atoms with Gasteiger partial charge in [0.05, 0.1) is 11.4 Å². The third kappa shape index (κ3) is 3.13. The molecule has 2 heterocycles. The zero-order valence-electron chi connectivity index (χ0n) is 12.1. The van der Waals surface area contributed by atoms with Gasteiger partial charge in [-0.1, -0.05) is 12.1 Å². The lowest BCUT2D eigenvalue weighted by molar-refractivity contribution is -0.120. The third-order valence-corrected chi connectivity index (χ3v) is 3.91. The molecule has 1 aromatic heterocycles. The van der Waals surface area contributed by atoms with E-state index in [1.165, 1.54) is 0 Å². The summed E-state index contributed by atoms with van der Waals surface area (Å²) in [6, 6.07) is 10.0. The summed E-state index contributed by atoms with van der Waals surface area (Å²) in [6.45, 7) is 3.02. The summed E-state index contributed by atoms with van der Waals surface area (Å²) in [5, 5.41) is 10.7. The van der Waals surface area contributed by atoms with Crippen LogP contribution in [0, 0.1) is 5.92 Å². The second-order valence-electron chi connectivity index (χ2n) is 5.53. The maximum absolute atomic E-state index is 12.5. The highest BCUT2D eigenvalue weighted by molar-refractivity contribution is 5.94. The van der Waals surface area contributed by atoms with Gasteiger partial charge < -0.3 is 10.6 Å². The van der Waals surface area contributed by atoms with Gasteiger partial charge >= 0.3 is 0 Å². The van der Waals surface area contributed by atoms with Gasteiger partial charge in [-0.25, -0.2) is 4.68 Å². The second-order valence-corrected chi connectivity index (χ2v) is 5.53. The molecule has 0 aliphatic carbocycles. The first-order valence-corrected chi connectivity index (χ1v) is 7.37. The molecule has 21 heavy (non-hydrogen) atoms. The number of carbonyl (C=O) groups is 1. The Bertz CT molecular complexity index is 608. The first-order chi connectivity index (χ1) is 10.2. The normalized spacial score (nSPS) is 22.0. The molecule has 5 nitrogen and oxygen atoms in total. The van der Waals surface area contributed by atoms with Crippen molar-refractivity contribution in [3.05, 3.63) is 42.7 Å². The van der Waals surface area contributed by atoms with Gasteiger partial charge in [0.1, 0.15) is 0 Å². The summed E-state index contributed by atoms with van der Waals surface area (Å²) in [4.78, 5) is 12.5. The van der Waals surface area contributed by atoms with E-state index >= 15 is 0 Å². The number of para-hydroxylation sites is 2. The largest absolute Gasteiger partial charge is 0.324 e. The number of aromatic nitrogens is 2. The predicted octanol–water partition coefficient (Wildman–Crippen LogP) is 2.20. The minimum Gasteiger partial charge on any atom is -0.324 e. The molecule has 5 heteroatoms. The molecule has 2 N–H and O–H groups in total. The Morgan fingerprint density at radius 2 is 2.24 bits per heavy atom. The number of rotatable bonds is 3. The lowest BCUT2D eigenvalue weighted by Crippen LogP contribution is -2.40. The van der Waals surface area contributed by atoms with E-state index in [1.807, 2.05) is 36.5 Å². The van der Waals surface area contributed by atoms with Crippen LogP contribution in [0.15, 0.2) is 42.7 Å². The van der Waals surface area contributed by atoms with Crippen molar-refractivity contribution in [2.24, 2.45) is 5.92 Å². The van der Waals surface area contributed by atoms with Crippen LogP contribution in [0.25, 0.3) is 5.69 Å². The van der Waals surface area contributed by atoms with Gasteiger partial charge in [-0.05, 0) is 44.5 Å². The molecule has 1 aliphatic rings. The molecule has 1 amide bonds. The van der Waals surface area contributed by atoms with Gasteiger partial charge in [-0.2, -0.15) is 5.10 Å². The minimum absolute atomic E-state index is 0.0759. The number of piperidine rings is 1. The van der Waals surface area contributed by atoms with Crippen molar-refractivity contribution < 1.29 is 4.79 Å². The molecule has 2 atom stereocenters. The second kappa shape index (κ2) is 6.10. The van der Waals surface area contributed by atoms with Crippen LogP contribution < -0.4 is 10.6 Å². The van der Waals surface area contributed by atoms with Crippen LogP contribution in [0.2, 0.25) is 0 Å². The highest BCUT2D eigenvalue weighted by Gasteiger charge is 2.25. The maximum Gasteiger partial charge on any atom is 0.227 e. The molecule has 0 spiro atoms. The van der Waals surface area contributed by atoms with Gasteiger partial charge in [0.25, 0.3) is 0 Å². The van der Waals surface area contributed by atoms with Crippen molar-refractivity contribution in [1.82, 2.24) is 15.1 Å². The van der Waals surface area contributed by atoms with Crippen molar-refractivity contribution in [3.63, 3.8) is 0 Å². The Balaban J connectivity index is 1.77. The Morgan fingerprint density at radius 1 is 1.38 bits per heavy atom. The first-order valence-electron chi connectivity index (χ1n) is 7.37. The Morgan fingerprint density at radius 3 is 3.00 bits per heavy atom. The number of hydrogen-bond donors (Lipinski definition) is 2. The first kappa shape index (κ1) is 13.8. The molecule has 1 saturated heterocycles. The zero-order valence-corrected chi connectivity index (χ0v) is 12.1.